The Morgan fingerprint density at radius 2 is 0.825 bits per heavy atom. The summed E-state index contributed by atoms with van der Waals surface area (Å²) in [7, 11) is 0. The topological polar surface area (TPSA) is 25.8 Å². The van der Waals surface area contributed by atoms with Crippen LogP contribution in [-0.4, -0.2) is 9.97 Å². The van der Waals surface area contributed by atoms with E-state index in [0.717, 1.165) is 33.5 Å². The van der Waals surface area contributed by atoms with Crippen molar-refractivity contribution in [3.05, 3.63) is 205 Å². The second-order valence-corrected chi connectivity index (χ2v) is 15.7. The Labute approximate surface area is 332 Å². The minimum absolute atomic E-state index is 0.120. The molecule has 0 unspecified atom stereocenters. The maximum absolute atomic E-state index is 5.20. The Bertz CT molecular complexity index is 3140. The van der Waals surface area contributed by atoms with Gasteiger partial charge in [0.25, 0.3) is 0 Å². The van der Waals surface area contributed by atoms with Gasteiger partial charge in [-0.2, -0.15) is 0 Å². The van der Waals surface area contributed by atoms with Crippen LogP contribution in [0.5, 0.6) is 0 Å². The lowest BCUT2D eigenvalue weighted by Gasteiger charge is -2.24. The fraction of sp³-hybridized carbons (Fsp3) is 0.0545. The first-order valence-electron chi connectivity index (χ1n) is 19.7. The van der Waals surface area contributed by atoms with Gasteiger partial charge in [-0.15, -0.1) is 0 Å². The zero-order valence-corrected chi connectivity index (χ0v) is 31.9. The maximum atomic E-state index is 5.20. The first kappa shape index (κ1) is 33.2. The number of hydrogen-bond acceptors (Lipinski definition) is 2. The Balaban J connectivity index is 1.05. The standard InChI is InChI=1S/C55H38N2/c1-55(2)50-33-38(26-27-47(50)49-28-25-35-15-9-10-20-40(35)53(49)55)39-29-30-45(42-22-12-11-21-41(39)42)46-31-32-48(44-24-14-13-23-43(44)46)52-34-51(36-16-5-3-6-17-36)56-54(57-52)37-18-7-4-8-19-37/h3-34H,1-2H3. The zero-order chi connectivity index (χ0) is 38.1. The normalized spacial score (nSPS) is 12.9. The molecule has 0 amide bonds. The van der Waals surface area contributed by atoms with E-state index >= 15 is 0 Å². The predicted molar refractivity (Wildman–Crippen MR) is 239 cm³/mol. The number of aromatic nitrogens is 2. The molecule has 10 aromatic rings. The van der Waals surface area contributed by atoms with Gasteiger partial charge >= 0.3 is 0 Å². The van der Waals surface area contributed by atoms with E-state index < -0.39 is 0 Å². The number of hydrogen-bond donors (Lipinski definition) is 0. The first-order valence-corrected chi connectivity index (χ1v) is 19.7. The van der Waals surface area contributed by atoms with Crippen LogP contribution in [0, 0.1) is 0 Å². The van der Waals surface area contributed by atoms with E-state index in [1.54, 1.807) is 0 Å². The highest BCUT2D eigenvalue weighted by molar-refractivity contribution is 6.12. The lowest BCUT2D eigenvalue weighted by molar-refractivity contribution is 0.666. The van der Waals surface area contributed by atoms with Crippen LogP contribution in [0.1, 0.15) is 25.0 Å². The van der Waals surface area contributed by atoms with Gasteiger partial charge in [0.15, 0.2) is 5.82 Å². The predicted octanol–water partition coefficient (Wildman–Crippen LogP) is 14.6. The second-order valence-electron chi connectivity index (χ2n) is 15.7. The van der Waals surface area contributed by atoms with Crippen LogP contribution in [-0.2, 0) is 5.41 Å². The second kappa shape index (κ2) is 13.0. The monoisotopic (exact) mass is 726 g/mol. The zero-order valence-electron chi connectivity index (χ0n) is 31.9. The van der Waals surface area contributed by atoms with Gasteiger partial charge in [0.1, 0.15) is 0 Å². The Kier molecular flexibility index (Phi) is 7.55. The quantitative estimate of drug-likeness (QED) is 0.176. The molecule has 0 bridgehead atoms. The van der Waals surface area contributed by atoms with Gasteiger partial charge in [0, 0.05) is 22.1 Å². The minimum Gasteiger partial charge on any atom is -0.228 e. The van der Waals surface area contributed by atoms with Crippen LogP contribution in [0.4, 0.5) is 0 Å². The van der Waals surface area contributed by atoms with Crippen LogP contribution in [0.2, 0.25) is 0 Å². The average molecular weight is 727 g/mol. The third-order valence-electron chi connectivity index (χ3n) is 12.1. The number of fused-ring (bicyclic) bond motifs is 7. The summed E-state index contributed by atoms with van der Waals surface area (Å²) in [5.74, 6) is 0.717. The Morgan fingerprint density at radius 3 is 1.51 bits per heavy atom. The highest BCUT2D eigenvalue weighted by Crippen LogP contribution is 2.52. The lowest BCUT2D eigenvalue weighted by Crippen LogP contribution is -2.15. The summed E-state index contributed by atoms with van der Waals surface area (Å²) in [6, 6.07) is 70.1. The van der Waals surface area contributed by atoms with E-state index in [0.29, 0.717) is 5.82 Å². The molecule has 1 aromatic heterocycles. The molecule has 0 saturated carbocycles. The molecule has 0 N–H and O–H groups in total. The molecule has 1 aliphatic rings. The number of benzene rings is 9. The molecule has 268 valence electrons. The van der Waals surface area contributed by atoms with Crippen LogP contribution in [0.3, 0.4) is 0 Å². The third kappa shape index (κ3) is 5.33. The van der Waals surface area contributed by atoms with Gasteiger partial charge in [-0.3, -0.25) is 0 Å². The van der Waals surface area contributed by atoms with Crippen molar-refractivity contribution in [3.8, 4) is 67.3 Å². The largest absolute Gasteiger partial charge is 0.228 e. The van der Waals surface area contributed by atoms with Crippen molar-refractivity contribution in [1.29, 1.82) is 0 Å². The highest BCUT2D eigenvalue weighted by atomic mass is 14.9. The van der Waals surface area contributed by atoms with Gasteiger partial charge in [0.2, 0.25) is 0 Å². The summed E-state index contributed by atoms with van der Waals surface area (Å²) >= 11 is 0. The molecule has 1 heterocycles. The molecule has 2 nitrogen and oxygen atoms in total. The van der Waals surface area contributed by atoms with Gasteiger partial charge in [-0.25, -0.2) is 9.97 Å². The molecule has 0 fully saturated rings. The van der Waals surface area contributed by atoms with E-state index in [1.165, 1.54) is 71.4 Å². The van der Waals surface area contributed by atoms with E-state index in [9.17, 15) is 0 Å². The Hall–Kier alpha value is -7.16. The smallest absolute Gasteiger partial charge is 0.160 e. The minimum atomic E-state index is -0.120. The van der Waals surface area contributed by atoms with Gasteiger partial charge in [-0.1, -0.05) is 196 Å². The number of nitrogens with zero attached hydrogens (tertiary/aromatic N) is 2. The molecule has 0 aliphatic heterocycles. The van der Waals surface area contributed by atoms with Crippen LogP contribution in [0.15, 0.2) is 194 Å². The van der Waals surface area contributed by atoms with Crippen molar-refractivity contribution in [1.82, 2.24) is 9.97 Å². The van der Waals surface area contributed by atoms with Gasteiger partial charge in [0.05, 0.1) is 11.4 Å². The van der Waals surface area contributed by atoms with Crippen molar-refractivity contribution in [3.63, 3.8) is 0 Å². The van der Waals surface area contributed by atoms with Crippen LogP contribution < -0.4 is 0 Å². The summed E-state index contributed by atoms with van der Waals surface area (Å²) in [4.78, 5) is 10.2. The van der Waals surface area contributed by atoms with Crippen LogP contribution >= 0.6 is 0 Å². The summed E-state index contributed by atoms with van der Waals surface area (Å²) < 4.78 is 0. The first-order chi connectivity index (χ1) is 28.0. The van der Waals surface area contributed by atoms with Crippen molar-refractivity contribution in [2.45, 2.75) is 19.3 Å². The fourth-order valence-corrected chi connectivity index (χ4v) is 9.37. The molecule has 11 rings (SSSR count). The molecule has 0 atom stereocenters. The maximum Gasteiger partial charge on any atom is 0.160 e. The fourth-order valence-electron chi connectivity index (χ4n) is 9.37. The van der Waals surface area contributed by atoms with E-state index in [-0.39, 0.29) is 5.41 Å². The van der Waals surface area contributed by atoms with Crippen molar-refractivity contribution in [2.75, 3.05) is 0 Å². The van der Waals surface area contributed by atoms with Crippen molar-refractivity contribution >= 4 is 32.3 Å². The molecule has 0 saturated heterocycles. The summed E-state index contributed by atoms with van der Waals surface area (Å²) in [5.41, 5.74) is 15.3. The van der Waals surface area contributed by atoms with Crippen molar-refractivity contribution in [2.24, 2.45) is 0 Å². The SMILES string of the molecule is CC1(C)c2cc(-c3ccc(-c4ccc(-c5cc(-c6ccccc6)nc(-c6ccccc6)n5)c5ccccc45)c4ccccc34)ccc2-c2ccc3ccccc3c21. The molecule has 0 spiro atoms. The van der Waals surface area contributed by atoms with Crippen LogP contribution in [0.25, 0.3) is 99.6 Å². The summed E-state index contributed by atoms with van der Waals surface area (Å²) in [5, 5.41) is 7.48. The summed E-state index contributed by atoms with van der Waals surface area (Å²) in [6.07, 6.45) is 0. The third-order valence-corrected chi connectivity index (χ3v) is 12.1. The lowest BCUT2D eigenvalue weighted by atomic mass is 9.79. The Morgan fingerprint density at radius 1 is 0.333 bits per heavy atom. The summed E-state index contributed by atoms with van der Waals surface area (Å²) in [6.45, 7) is 4.77. The highest BCUT2D eigenvalue weighted by Gasteiger charge is 2.37. The van der Waals surface area contributed by atoms with E-state index in [1.807, 2.05) is 24.3 Å². The molecular formula is C55H38N2. The van der Waals surface area contributed by atoms with E-state index in [2.05, 4.69) is 184 Å². The molecule has 1 aliphatic carbocycles. The van der Waals surface area contributed by atoms with Crippen molar-refractivity contribution < 1.29 is 0 Å². The van der Waals surface area contributed by atoms with Gasteiger partial charge in [-0.05, 0) is 89.0 Å². The number of rotatable bonds is 5. The van der Waals surface area contributed by atoms with Gasteiger partial charge < -0.3 is 0 Å². The van der Waals surface area contributed by atoms with E-state index in [4.69, 9.17) is 9.97 Å². The molecule has 9 aromatic carbocycles. The molecule has 57 heavy (non-hydrogen) atoms. The molecule has 0 radical (unpaired) electrons. The molecular weight excluding hydrogens is 689 g/mol. The molecule has 2 heteroatoms. The average Bonchev–Trinajstić information content (AvgIpc) is 3.51.